The van der Waals surface area contributed by atoms with Gasteiger partial charge in [-0.15, -0.1) is 0 Å². The van der Waals surface area contributed by atoms with E-state index < -0.39 is 40.0 Å². The summed E-state index contributed by atoms with van der Waals surface area (Å²) in [5, 5.41) is 9.71. The lowest BCUT2D eigenvalue weighted by Gasteiger charge is -2.11. The van der Waals surface area contributed by atoms with Crippen LogP contribution in [0.1, 0.15) is 42.5 Å². The van der Waals surface area contributed by atoms with E-state index in [1.807, 2.05) is 0 Å². The molecule has 0 radical (unpaired) electrons. The summed E-state index contributed by atoms with van der Waals surface area (Å²) in [5.74, 6) is -4.36. The summed E-state index contributed by atoms with van der Waals surface area (Å²) in [5.41, 5.74) is -1.62. The Morgan fingerprint density at radius 2 is 1.67 bits per heavy atom. The van der Waals surface area contributed by atoms with Gasteiger partial charge in [-0.2, -0.15) is 0 Å². The number of nitrogens with zero attached hydrogens (tertiary/aromatic N) is 2. The molecule has 0 unspecified atom stereocenters. The fourth-order valence-corrected chi connectivity index (χ4v) is 2.73. The number of halogens is 2. The standard InChI is InChI=1S/C19H12ClFN2O4/c1-23-9-8-22-18(23)17(25)13-7-6-12(19(26)27)14(15(13)21)16(24)10-2-4-11(20)5-3-10/h2-9H,1H3,(H,26,27). The molecule has 0 aliphatic carbocycles. The molecule has 3 aromatic rings. The van der Waals surface area contributed by atoms with Crippen molar-refractivity contribution >= 4 is 29.1 Å². The topological polar surface area (TPSA) is 89.3 Å². The molecule has 0 atom stereocenters. The second-order valence-corrected chi connectivity index (χ2v) is 6.12. The van der Waals surface area contributed by atoms with Crippen LogP contribution in [0.25, 0.3) is 0 Å². The van der Waals surface area contributed by atoms with Gasteiger partial charge in [-0.05, 0) is 36.4 Å². The molecule has 1 N–H and O–H groups in total. The van der Waals surface area contributed by atoms with Crippen molar-refractivity contribution in [3.63, 3.8) is 0 Å². The second kappa shape index (κ2) is 7.13. The number of aryl methyl sites for hydroxylation is 1. The minimum atomic E-state index is -1.48. The van der Waals surface area contributed by atoms with Gasteiger partial charge in [0.1, 0.15) is 5.82 Å². The van der Waals surface area contributed by atoms with Gasteiger partial charge >= 0.3 is 5.97 Å². The van der Waals surface area contributed by atoms with Crippen molar-refractivity contribution in [3.8, 4) is 0 Å². The van der Waals surface area contributed by atoms with Crippen LogP contribution in [0, 0.1) is 5.82 Å². The van der Waals surface area contributed by atoms with Crippen molar-refractivity contribution in [1.29, 1.82) is 0 Å². The maximum absolute atomic E-state index is 15.1. The minimum Gasteiger partial charge on any atom is -0.478 e. The minimum absolute atomic E-state index is 0.0399. The Bertz CT molecular complexity index is 1070. The van der Waals surface area contributed by atoms with E-state index >= 15 is 4.39 Å². The number of carboxylic acids is 1. The summed E-state index contributed by atoms with van der Waals surface area (Å²) in [7, 11) is 1.56. The van der Waals surface area contributed by atoms with E-state index in [4.69, 9.17) is 11.6 Å². The van der Waals surface area contributed by atoms with Gasteiger partial charge in [0.05, 0.1) is 16.7 Å². The molecule has 0 aliphatic heterocycles. The third-order valence-electron chi connectivity index (χ3n) is 3.97. The molecule has 6 nitrogen and oxygen atoms in total. The van der Waals surface area contributed by atoms with Crippen LogP contribution in [-0.2, 0) is 7.05 Å². The molecule has 0 amide bonds. The van der Waals surface area contributed by atoms with E-state index in [1.165, 1.54) is 41.2 Å². The normalized spacial score (nSPS) is 10.6. The summed E-state index contributed by atoms with van der Waals surface area (Å²) in [4.78, 5) is 40.7. The van der Waals surface area contributed by atoms with E-state index in [0.717, 1.165) is 12.1 Å². The monoisotopic (exact) mass is 386 g/mol. The van der Waals surface area contributed by atoms with Crippen LogP contribution in [0.3, 0.4) is 0 Å². The third-order valence-corrected chi connectivity index (χ3v) is 4.23. The molecule has 3 rings (SSSR count). The van der Waals surface area contributed by atoms with Crippen molar-refractivity contribution in [2.24, 2.45) is 7.05 Å². The average Bonchev–Trinajstić information content (AvgIpc) is 3.06. The number of aromatic carboxylic acids is 1. The summed E-state index contributed by atoms with van der Waals surface area (Å²) in [6, 6.07) is 7.62. The number of imidazole rings is 1. The first-order valence-corrected chi connectivity index (χ1v) is 8.07. The van der Waals surface area contributed by atoms with E-state index in [0.29, 0.717) is 5.02 Å². The van der Waals surface area contributed by atoms with E-state index in [-0.39, 0.29) is 11.4 Å². The number of ketones is 2. The molecule has 0 fully saturated rings. The maximum atomic E-state index is 15.1. The maximum Gasteiger partial charge on any atom is 0.336 e. The average molecular weight is 387 g/mol. The van der Waals surface area contributed by atoms with E-state index in [2.05, 4.69) is 4.98 Å². The number of carbonyl (C=O) groups is 3. The fourth-order valence-electron chi connectivity index (χ4n) is 2.60. The molecule has 1 aromatic heterocycles. The lowest BCUT2D eigenvalue weighted by atomic mass is 9.94. The van der Waals surface area contributed by atoms with Crippen LogP contribution in [-0.4, -0.2) is 32.2 Å². The molecule has 0 bridgehead atoms. The predicted octanol–water partition coefficient (Wildman–Crippen LogP) is 3.37. The summed E-state index contributed by atoms with van der Waals surface area (Å²) in [6.07, 6.45) is 2.88. The van der Waals surface area contributed by atoms with Crippen LogP contribution in [0.4, 0.5) is 4.39 Å². The highest BCUT2D eigenvalue weighted by atomic mass is 35.5. The summed E-state index contributed by atoms with van der Waals surface area (Å²) >= 11 is 5.78. The third kappa shape index (κ3) is 3.37. The zero-order valence-corrected chi connectivity index (χ0v) is 14.7. The van der Waals surface area contributed by atoms with Crippen LogP contribution in [0.15, 0.2) is 48.8 Å². The number of aromatic nitrogens is 2. The van der Waals surface area contributed by atoms with Crippen molar-refractivity contribution in [1.82, 2.24) is 9.55 Å². The van der Waals surface area contributed by atoms with Crippen molar-refractivity contribution in [3.05, 3.63) is 87.7 Å². The Hall–Kier alpha value is -3.32. The van der Waals surface area contributed by atoms with Gasteiger partial charge in [0.2, 0.25) is 5.78 Å². The molecule has 0 aliphatic rings. The molecule has 1 heterocycles. The van der Waals surface area contributed by atoms with Crippen LogP contribution in [0.2, 0.25) is 5.02 Å². The van der Waals surface area contributed by atoms with Crippen LogP contribution < -0.4 is 0 Å². The summed E-state index contributed by atoms with van der Waals surface area (Å²) < 4.78 is 16.5. The van der Waals surface area contributed by atoms with Crippen molar-refractivity contribution in [2.75, 3.05) is 0 Å². The first-order chi connectivity index (χ1) is 12.8. The quantitative estimate of drug-likeness (QED) is 0.679. The number of rotatable bonds is 5. The first-order valence-electron chi connectivity index (χ1n) is 7.69. The molecule has 2 aromatic carbocycles. The predicted molar refractivity (Wildman–Crippen MR) is 94.9 cm³/mol. The molecule has 8 heteroatoms. The zero-order chi connectivity index (χ0) is 19.7. The summed E-state index contributed by atoms with van der Waals surface area (Å²) in [6.45, 7) is 0. The highest BCUT2D eigenvalue weighted by molar-refractivity contribution is 6.30. The second-order valence-electron chi connectivity index (χ2n) is 5.68. The first kappa shape index (κ1) is 18.5. The Morgan fingerprint density at radius 3 is 2.22 bits per heavy atom. The molecule has 27 heavy (non-hydrogen) atoms. The molecule has 0 spiro atoms. The number of hydrogen-bond acceptors (Lipinski definition) is 4. The Kier molecular flexibility index (Phi) is 4.87. The highest BCUT2D eigenvalue weighted by Gasteiger charge is 2.28. The molecular weight excluding hydrogens is 375 g/mol. The smallest absolute Gasteiger partial charge is 0.336 e. The molecule has 0 saturated carbocycles. The Labute approximate surface area is 157 Å². The van der Waals surface area contributed by atoms with Crippen molar-refractivity contribution < 1.29 is 23.9 Å². The van der Waals surface area contributed by atoms with Gasteiger partial charge < -0.3 is 9.67 Å². The van der Waals surface area contributed by atoms with Gasteiger partial charge in [0, 0.05) is 30.0 Å². The lowest BCUT2D eigenvalue weighted by molar-refractivity contribution is 0.0691. The number of carboxylic acid groups (broad SMARTS) is 1. The number of benzene rings is 2. The van der Waals surface area contributed by atoms with Crippen LogP contribution in [0.5, 0.6) is 0 Å². The van der Waals surface area contributed by atoms with E-state index in [9.17, 15) is 19.5 Å². The SMILES string of the molecule is Cn1ccnc1C(=O)c1ccc(C(=O)O)c(C(=O)c2ccc(Cl)cc2)c1F. The van der Waals surface area contributed by atoms with Crippen LogP contribution >= 0.6 is 11.6 Å². The molecular formula is C19H12ClFN2O4. The largest absolute Gasteiger partial charge is 0.478 e. The van der Waals surface area contributed by atoms with Gasteiger partial charge in [-0.25, -0.2) is 14.2 Å². The molecule has 136 valence electrons. The number of hydrogen-bond donors (Lipinski definition) is 1. The lowest BCUT2D eigenvalue weighted by Crippen LogP contribution is -2.17. The Balaban J connectivity index is 2.18. The molecule has 0 saturated heterocycles. The van der Waals surface area contributed by atoms with Gasteiger partial charge in [0.15, 0.2) is 11.6 Å². The van der Waals surface area contributed by atoms with Gasteiger partial charge in [-0.3, -0.25) is 9.59 Å². The highest BCUT2D eigenvalue weighted by Crippen LogP contribution is 2.24. The Morgan fingerprint density at radius 1 is 1.04 bits per heavy atom. The zero-order valence-electron chi connectivity index (χ0n) is 13.9. The van der Waals surface area contributed by atoms with Gasteiger partial charge in [0.25, 0.3) is 0 Å². The fraction of sp³-hybridized carbons (Fsp3) is 0.0526. The van der Waals surface area contributed by atoms with Gasteiger partial charge in [-0.1, -0.05) is 11.6 Å². The number of carbonyl (C=O) groups excluding carboxylic acids is 2. The van der Waals surface area contributed by atoms with E-state index in [1.54, 1.807) is 7.05 Å². The van der Waals surface area contributed by atoms with Crippen molar-refractivity contribution in [2.45, 2.75) is 0 Å².